The molecule has 2 N–H and O–H groups in total. The van der Waals surface area contributed by atoms with E-state index in [1.54, 1.807) is 6.07 Å². The fourth-order valence-electron chi connectivity index (χ4n) is 2.54. The standard InChI is InChI=1S/C13H21N3O2S/c1-10-5-7-15(8-6-10)13(2,14)9-11-3-4-12(19-11)16(17)18/h3-4,10H,5-9,14H2,1-2H3. The zero-order chi connectivity index (χ0) is 14.0. The zero-order valence-corrected chi connectivity index (χ0v) is 12.3. The van der Waals surface area contributed by atoms with Crippen LogP contribution in [-0.4, -0.2) is 28.6 Å². The molecule has 0 amide bonds. The van der Waals surface area contributed by atoms with E-state index in [0.29, 0.717) is 6.42 Å². The summed E-state index contributed by atoms with van der Waals surface area (Å²) in [6.45, 7) is 6.33. The van der Waals surface area contributed by atoms with Gasteiger partial charge in [0, 0.05) is 30.5 Å². The van der Waals surface area contributed by atoms with Gasteiger partial charge in [0.25, 0.3) is 0 Å². The molecule has 19 heavy (non-hydrogen) atoms. The van der Waals surface area contributed by atoms with Crippen LogP contribution in [0.15, 0.2) is 12.1 Å². The molecule has 0 radical (unpaired) electrons. The number of rotatable bonds is 4. The Morgan fingerprint density at radius 1 is 1.53 bits per heavy atom. The van der Waals surface area contributed by atoms with Crippen molar-refractivity contribution < 1.29 is 4.92 Å². The van der Waals surface area contributed by atoms with Gasteiger partial charge in [0.2, 0.25) is 0 Å². The fourth-order valence-corrected chi connectivity index (χ4v) is 3.52. The quantitative estimate of drug-likeness (QED) is 0.681. The van der Waals surface area contributed by atoms with E-state index >= 15 is 0 Å². The Labute approximate surface area is 117 Å². The lowest BCUT2D eigenvalue weighted by atomic mass is 9.95. The fraction of sp³-hybridized carbons (Fsp3) is 0.692. The average molecular weight is 283 g/mol. The third-order valence-electron chi connectivity index (χ3n) is 3.87. The Balaban J connectivity index is 2.01. The SMILES string of the molecule is CC1CCN(C(C)(N)Cc2ccc([N+](=O)[O-])s2)CC1. The van der Waals surface area contributed by atoms with Crippen LogP contribution < -0.4 is 5.73 Å². The van der Waals surface area contributed by atoms with Gasteiger partial charge in [0.1, 0.15) is 0 Å². The topological polar surface area (TPSA) is 72.4 Å². The second-order valence-corrected chi connectivity index (χ2v) is 6.85. The van der Waals surface area contributed by atoms with E-state index in [0.717, 1.165) is 23.9 Å². The van der Waals surface area contributed by atoms with Gasteiger partial charge in [-0.2, -0.15) is 0 Å². The molecule has 2 heterocycles. The molecule has 0 bridgehead atoms. The predicted molar refractivity (Wildman–Crippen MR) is 77.2 cm³/mol. The van der Waals surface area contributed by atoms with Gasteiger partial charge in [-0.25, -0.2) is 0 Å². The molecule has 1 aromatic heterocycles. The molecule has 1 atom stereocenters. The molecule has 0 saturated carbocycles. The van der Waals surface area contributed by atoms with Crippen LogP contribution in [-0.2, 0) is 6.42 Å². The Hall–Kier alpha value is -0.980. The summed E-state index contributed by atoms with van der Waals surface area (Å²) in [6, 6.07) is 3.38. The van der Waals surface area contributed by atoms with Gasteiger partial charge in [-0.15, -0.1) is 0 Å². The van der Waals surface area contributed by atoms with E-state index in [1.165, 1.54) is 24.2 Å². The van der Waals surface area contributed by atoms with E-state index < -0.39 is 5.66 Å². The van der Waals surface area contributed by atoms with E-state index in [1.807, 2.05) is 13.0 Å². The molecule has 1 aromatic rings. The minimum atomic E-state index is -0.418. The minimum Gasteiger partial charge on any atom is -0.313 e. The second kappa shape index (κ2) is 5.56. The van der Waals surface area contributed by atoms with Crippen molar-refractivity contribution in [2.24, 2.45) is 11.7 Å². The van der Waals surface area contributed by atoms with Crippen LogP contribution in [0.3, 0.4) is 0 Å². The van der Waals surface area contributed by atoms with Gasteiger partial charge in [-0.1, -0.05) is 18.3 Å². The molecule has 5 nitrogen and oxygen atoms in total. The number of hydrogen-bond donors (Lipinski definition) is 1. The summed E-state index contributed by atoms with van der Waals surface area (Å²) in [7, 11) is 0. The monoisotopic (exact) mass is 283 g/mol. The Kier molecular flexibility index (Phi) is 4.23. The molecule has 1 aliphatic heterocycles. The maximum Gasteiger partial charge on any atom is 0.324 e. The summed E-state index contributed by atoms with van der Waals surface area (Å²) >= 11 is 1.23. The van der Waals surface area contributed by atoms with Gasteiger partial charge in [-0.05, 0) is 31.7 Å². The molecule has 106 valence electrons. The predicted octanol–water partition coefficient (Wildman–Crippen LogP) is 2.61. The van der Waals surface area contributed by atoms with Gasteiger partial charge in [0.05, 0.1) is 10.6 Å². The molecule has 2 rings (SSSR count). The smallest absolute Gasteiger partial charge is 0.313 e. The van der Waals surface area contributed by atoms with Crippen molar-refractivity contribution >= 4 is 16.3 Å². The van der Waals surface area contributed by atoms with Crippen LogP contribution in [0.2, 0.25) is 0 Å². The highest BCUT2D eigenvalue weighted by Crippen LogP contribution is 2.29. The van der Waals surface area contributed by atoms with Crippen molar-refractivity contribution in [3.05, 3.63) is 27.1 Å². The van der Waals surface area contributed by atoms with Crippen molar-refractivity contribution in [1.82, 2.24) is 4.90 Å². The summed E-state index contributed by atoms with van der Waals surface area (Å²) in [5.41, 5.74) is 6.00. The van der Waals surface area contributed by atoms with Gasteiger partial charge < -0.3 is 5.73 Å². The van der Waals surface area contributed by atoms with Gasteiger partial charge in [-0.3, -0.25) is 15.0 Å². The van der Waals surface area contributed by atoms with Crippen LogP contribution in [0.4, 0.5) is 5.00 Å². The minimum absolute atomic E-state index is 0.193. The Bertz CT molecular complexity index is 450. The summed E-state index contributed by atoms with van der Waals surface area (Å²) in [6.07, 6.45) is 3.02. The number of likely N-dealkylation sites (tertiary alicyclic amines) is 1. The molecule has 6 heteroatoms. The van der Waals surface area contributed by atoms with Crippen molar-refractivity contribution in [3.63, 3.8) is 0 Å². The summed E-state index contributed by atoms with van der Waals surface area (Å²) in [4.78, 5) is 13.6. The molecule has 0 aliphatic carbocycles. The summed E-state index contributed by atoms with van der Waals surface area (Å²) in [5.74, 6) is 0.773. The highest BCUT2D eigenvalue weighted by atomic mass is 32.1. The highest BCUT2D eigenvalue weighted by Gasteiger charge is 2.31. The number of piperidine rings is 1. The third kappa shape index (κ3) is 3.52. The number of nitrogens with zero attached hydrogens (tertiary/aromatic N) is 2. The molecule has 0 aromatic carbocycles. The van der Waals surface area contributed by atoms with E-state index in [4.69, 9.17) is 5.73 Å². The molecule has 0 spiro atoms. The molecule has 1 unspecified atom stereocenters. The molecule has 1 fully saturated rings. The van der Waals surface area contributed by atoms with Crippen molar-refractivity contribution in [2.45, 2.75) is 38.8 Å². The largest absolute Gasteiger partial charge is 0.324 e. The second-order valence-electron chi connectivity index (χ2n) is 5.70. The number of nitro groups is 1. The van der Waals surface area contributed by atoms with E-state index in [2.05, 4.69) is 11.8 Å². The van der Waals surface area contributed by atoms with Crippen LogP contribution in [0.1, 0.15) is 31.6 Å². The normalized spacial score (nSPS) is 21.2. The lowest BCUT2D eigenvalue weighted by molar-refractivity contribution is -0.380. The Morgan fingerprint density at radius 3 is 2.68 bits per heavy atom. The van der Waals surface area contributed by atoms with Crippen LogP contribution >= 0.6 is 11.3 Å². The highest BCUT2D eigenvalue weighted by molar-refractivity contribution is 7.15. The average Bonchev–Trinajstić information content (AvgIpc) is 2.77. The van der Waals surface area contributed by atoms with Crippen molar-refractivity contribution in [2.75, 3.05) is 13.1 Å². The number of hydrogen-bond acceptors (Lipinski definition) is 5. The summed E-state index contributed by atoms with van der Waals surface area (Å²) < 4.78 is 0. The van der Waals surface area contributed by atoms with Gasteiger partial charge in [0.15, 0.2) is 0 Å². The lowest BCUT2D eigenvalue weighted by Crippen LogP contribution is -2.57. The molecular weight excluding hydrogens is 262 g/mol. The first kappa shape index (κ1) is 14.4. The van der Waals surface area contributed by atoms with Crippen LogP contribution in [0, 0.1) is 16.0 Å². The molecular formula is C13H21N3O2S. The van der Waals surface area contributed by atoms with Gasteiger partial charge >= 0.3 is 5.00 Å². The zero-order valence-electron chi connectivity index (χ0n) is 11.5. The van der Waals surface area contributed by atoms with Crippen LogP contribution in [0.5, 0.6) is 0 Å². The third-order valence-corrected chi connectivity index (χ3v) is 4.90. The van der Waals surface area contributed by atoms with Crippen LogP contribution in [0.25, 0.3) is 0 Å². The van der Waals surface area contributed by atoms with Crippen molar-refractivity contribution in [3.8, 4) is 0 Å². The van der Waals surface area contributed by atoms with Crippen molar-refractivity contribution in [1.29, 1.82) is 0 Å². The molecule has 1 saturated heterocycles. The molecule has 1 aliphatic rings. The first-order valence-electron chi connectivity index (χ1n) is 6.65. The van der Waals surface area contributed by atoms with E-state index in [9.17, 15) is 10.1 Å². The Morgan fingerprint density at radius 2 is 2.16 bits per heavy atom. The number of thiophene rings is 1. The first-order valence-corrected chi connectivity index (χ1v) is 7.47. The van der Waals surface area contributed by atoms with E-state index in [-0.39, 0.29) is 9.92 Å². The maximum absolute atomic E-state index is 10.7. The maximum atomic E-state index is 10.7. The first-order chi connectivity index (χ1) is 8.88. The lowest BCUT2D eigenvalue weighted by Gasteiger charge is -2.42. The number of nitrogens with two attached hydrogens (primary N) is 1. The summed E-state index contributed by atoms with van der Waals surface area (Å²) in [5, 5.41) is 10.9.